The number of hydrogen-bond acceptors (Lipinski definition) is 7. The lowest BCUT2D eigenvalue weighted by Gasteiger charge is -2.30. The van der Waals surface area contributed by atoms with E-state index in [-0.39, 0.29) is 15.6 Å². The van der Waals surface area contributed by atoms with Gasteiger partial charge in [0.1, 0.15) is 5.69 Å². The SMILES string of the molecule is N#C[C@H](c1nc2ccccc2nc1N1CCOCC1)S(=O)(=O)c1cccc(Cl)c1. The van der Waals surface area contributed by atoms with Gasteiger partial charge in [0.05, 0.1) is 35.2 Å². The van der Waals surface area contributed by atoms with Crippen LogP contribution < -0.4 is 4.90 Å². The fraction of sp³-hybridized carbons (Fsp3) is 0.250. The molecule has 2 heterocycles. The third-order valence-electron chi connectivity index (χ3n) is 4.69. The van der Waals surface area contributed by atoms with Gasteiger partial charge in [-0.3, -0.25) is 0 Å². The zero-order chi connectivity index (χ0) is 20.4. The highest BCUT2D eigenvalue weighted by Gasteiger charge is 2.35. The second-order valence-corrected chi connectivity index (χ2v) is 9.00. The summed E-state index contributed by atoms with van der Waals surface area (Å²) in [5, 5.41) is 8.63. The van der Waals surface area contributed by atoms with Gasteiger partial charge in [-0.25, -0.2) is 18.4 Å². The number of rotatable bonds is 4. The first-order valence-electron chi connectivity index (χ1n) is 8.99. The second-order valence-electron chi connectivity index (χ2n) is 6.53. The van der Waals surface area contributed by atoms with Gasteiger partial charge in [0.2, 0.25) is 9.84 Å². The van der Waals surface area contributed by atoms with E-state index >= 15 is 0 Å². The Kier molecular flexibility index (Phi) is 5.37. The summed E-state index contributed by atoms with van der Waals surface area (Å²) in [6.07, 6.45) is 0. The van der Waals surface area contributed by atoms with Crippen LogP contribution in [-0.4, -0.2) is 44.7 Å². The number of nitrogens with zero attached hydrogens (tertiary/aromatic N) is 4. The fourth-order valence-corrected chi connectivity index (χ4v) is 4.92. The Labute approximate surface area is 173 Å². The molecule has 0 aliphatic carbocycles. The molecule has 9 heteroatoms. The molecule has 0 radical (unpaired) electrons. The molecule has 0 saturated carbocycles. The van der Waals surface area contributed by atoms with Crippen LogP contribution in [0.2, 0.25) is 5.02 Å². The van der Waals surface area contributed by atoms with E-state index < -0.39 is 15.1 Å². The van der Waals surface area contributed by atoms with Crippen molar-refractivity contribution in [1.82, 2.24) is 9.97 Å². The van der Waals surface area contributed by atoms with E-state index in [1.165, 1.54) is 12.1 Å². The highest BCUT2D eigenvalue weighted by Crippen LogP contribution is 2.34. The van der Waals surface area contributed by atoms with Gasteiger partial charge in [0, 0.05) is 18.1 Å². The Morgan fingerprint density at radius 2 is 1.76 bits per heavy atom. The first-order valence-corrected chi connectivity index (χ1v) is 10.9. The van der Waals surface area contributed by atoms with Crippen LogP contribution in [-0.2, 0) is 14.6 Å². The molecule has 0 amide bonds. The predicted octanol–water partition coefficient (Wildman–Crippen LogP) is 3.16. The largest absolute Gasteiger partial charge is 0.378 e. The summed E-state index contributed by atoms with van der Waals surface area (Å²) in [6.45, 7) is 2.06. The lowest BCUT2D eigenvalue weighted by Crippen LogP contribution is -2.38. The summed E-state index contributed by atoms with van der Waals surface area (Å²) in [7, 11) is -4.06. The average Bonchev–Trinajstić information content (AvgIpc) is 2.74. The summed E-state index contributed by atoms with van der Waals surface area (Å²) >= 11 is 5.98. The number of benzene rings is 2. The number of halogens is 1. The molecular weight excluding hydrogens is 412 g/mol. The fourth-order valence-electron chi connectivity index (χ4n) is 3.25. The number of morpholine rings is 1. The van der Waals surface area contributed by atoms with E-state index in [2.05, 4.69) is 9.97 Å². The smallest absolute Gasteiger partial charge is 0.200 e. The zero-order valence-corrected chi connectivity index (χ0v) is 16.9. The Hall–Kier alpha value is -2.73. The highest BCUT2D eigenvalue weighted by atomic mass is 35.5. The Morgan fingerprint density at radius 3 is 2.41 bits per heavy atom. The maximum absolute atomic E-state index is 13.3. The van der Waals surface area contributed by atoms with Gasteiger partial charge in [-0.05, 0) is 30.3 Å². The highest BCUT2D eigenvalue weighted by molar-refractivity contribution is 7.92. The minimum Gasteiger partial charge on any atom is -0.378 e. The van der Waals surface area contributed by atoms with Crippen LogP contribution in [0.1, 0.15) is 10.9 Å². The Balaban J connectivity index is 1.91. The van der Waals surface area contributed by atoms with E-state index in [4.69, 9.17) is 16.3 Å². The molecular formula is C20H17ClN4O3S. The monoisotopic (exact) mass is 428 g/mol. The average molecular weight is 429 g/mol. The summed E-state index contributed by atoms with van der Waals surface area (Å²) in [6, 6.07) is 15.0. The van der Waals surface area contributed by atoms with Gasteiger partial charge in [-0.1, -0.05) is 29.8 Å². The van der Waals surface area contributed by atoms with Crippen molar-refractivity contribution in [2.24, 2.45) is 0 Å². The number of sulfone groups is 1. The van der Waals surface area contributed by atoms with E-state index in [1.54, 1.807) is 24.3 Å². The van der Waals surface area contributed by atoms with Crippen molar-refractivity contribution in [2.75, 3.05) is 31.2 Å². The number of nitriles is 1. The van der Waals surface area contributed by atoms with Crippen molar-refractivity contribution in [3.05, 3.63) is 59.2 Å². The molecule has 0 unspecified atom stereocenters. The topological polar surface area (TPSA) is 96.2 Å². The molecule has 4 rings (SSSR count). The maximum Gasteiger partial charge on any atom is 0.200 e. The molecule has 1 aromatic heterocycles. The van der Waals surface area contributed by atoms with Crippen LogP contribution in [0.3, 0.4) is 0 Å². The molecule has 0 bridgehead atoms. The molecule has 3 aromatic rings. The predicted molar refractivity (Wildman–Crippen MR) is 110 cm³/mol. The normalized spacial score (nSPS) is 15.8. The number of ether oxygens (including phenoxy) is 1. The Bertz CT molecular complexity index is 1200. The molecule has 1 fully saturated rings. The van der Waals surface area contributed by atoms with Gasteiger partial charge < -0.3 is 9.64 Å². The lowest BCUT2D eigenvalue weighted by atomic mass is 10.2. The number of anilines is 1. The third kappa shape index (κ3) is 3.77. The Morgan fingerprint density at radius 1 is 1.07 bits per heavy atom. The number of para-hydroxylation sites is 2. The van der Waals surface area contributed by atoms with E-state index in [0.29, 0.717) is 43.2 Å². The molecule has 1 aliphatic rings. The first-order chi connectivity index (χ1) is 14.0. The van der Waals surface area contributed by atoms with Crippen molar-refractivity contribution in [1.29, 1.82) is 5.26 Å². The molecule has 7 nitrogen and oxygen atoms in total. The maximum atomic E-state index is 13.3. The number of fused-ring (bicyclic) bond motifs is 1. The van der Waals surface area contributed by atoms with Crippen molar-refractivity contribution in [2.45, 2.75) is 10.1 Å². The minimum absolute atomic E-state index is 0.0283. The number of hydrogen-bond donors (Lipinski definition) is 0. The van der Waals surface area contributed by atoms with Crippen LogP contribution >= 0.6 is 11.6 Å². The summed E-state index contributed by atoms with van der Waals surface area (Å²) in [5.74, 6) is 0.393. The number of aromatic nitrogens is 2. The molecule has 1 aliphatic heterocycles. The van der Waals surface area contributed by atoms with E-state index in [0.717, 1.165) is 0 Å². The molecule has 1 saturated heterocycles. The standard InChI is InChI=1S/C20H17ClN4O3S/c21-14-4-3-5-15(12-14)29(26,27)18(13-22)19-20(25-8-10-28-11-9-25)24-17-7-2-1-6-16(17)23-19/h1-7,12,18H,8-11H2/t18-/m1/s1. The van der Waals surface area contributed by atoms with Crippen LogP contribution in [0.5, 0.6) is 0 Å². The molecule has 0 N–H and O–H groups in total. The zero-order valence-electron chi connectivity index (χ0n) is 15.3. The van der Waals surface area contributed by atoms with Gasteiger partial charge in [-0.2, -0.15) is 5.26 Å². The van der Waals surface area contributed by atoms with E-state index in [1.807, 2.05) is 23.1 Å². The van der Waals surface area contributed by atoms with Crippen LogP contribution in [0.4, 0.5) is 5.82 Å². The van der Waals surface area contributed by atoms with Gasteiger partial charge in [-0.15, -0.1) is 0 Å². The van der Waals surface area contributed by atoms with Crippen molar-refractivity contribution in [3.63, 3.8) is 0 Å². The second kappa shape index (κ2) is 7.95. The van der Waals surface area contributed by atoms with Crippen molar-refractivity contribution in [3.8, 4) is 6.07 Å². The quantitative estimate of drug-likeness (QED) is 0.629. The van der Waals surface area contributed by atoms with Gasteiger partial charge in [0.15, 0.2) is 11.1 Å². The summed E-state index contributed by atoms with van der Waals surface area (Å²) < 4.78 is 32.0. The molecule has 2 aromatic carbocycles. The molecule has 29 heavy (non-hydrogen) atoms. The molecule has 0 spiro atoms. The minimum atomic E-state index is -4.06. The first kappa shape index (κ1) is 19.6. The summed E-state index contributed by atoms with van der Waals surface area (Å²) in [5.41, 5.74) is 1.28. The van der Waals surface area contributed by atoms with Crippen LogP contribution in [0, 0.1) is 11.3 Å². The van der Waals surface area contributed by atoms with Crippen molar-refractivity contribution < 1.29 is 13.2 Å². The van der Waals surface area contributed by atoms with Gasteiger partial charge in [0.25, 0.3) is 0 Å². The molecule has 148 valence electrons. The van der Waals surface area contributed by atoms with Gasteiger partial charge >= 0.3 is 0 Å². The van der Waals surface area contributed by atoms with Crippen LogP contribution in [0.25, 0.3) is 11.0 Å². The van der Waals surface area contributed by atoms with E-state index in [9.17, 15) is 13.7 Å². The van der Waals surface area contributed by atoms with Crippen LogP contribution in [0.15, 0.2) is 53.4 Å². The van der Waals surface area contributed by atoms with Crippen molar-refractivity contribution >= 4 is 38.3 Å². The lowest BCUT2D eigenvalue weighted by molar-refractivity contribution is 0.122. The summed E-state index contributed by atoms with van der Waals surface area (Å²) in [4.78, 5) is 11.1. The third-order valence-corrected chi connectivity index (χ3v) is 6.78. The molecule has 1 atom stereocenters.